The van der Waals surface area contributed by atoms with Crippen molar-refractivity contribution >= 4 is 11.4 Å². The molecule has 1 aromatic rings. The highest BCUT2D eigenvalue weighted by atomic mass is 15.4. The first-order chi connectivity index (χ1) is 13.6. The Morgan fingerprint density at radius 1 is 1.18 bits per heavy atom. The molecule has 2 aliphatic carbocycles. The highest BCUT2D eigenvalue weighted by Gasteiger charge is 2.35. The molecule has 0 amide bonds. The number of hydrogen-bond acceptors (Lipinski definition) is 4. The second kappa shape index (κ2) is 6.90. The number of hydrogen-bond donors (Lipinski definition) is 2. The molecule has 1 saturated heterocycles. The van der Waals surface area contributed by atoms with Crippen LogP contribution in [0.25, 0.3) is 0 Å². The first-order valence-corrected chi connectivity index (χ1v) is 10.4. The van der Waals surface area contributed by atoms with Crippen LogP contribution in [0.1, 0.15) is 25.0 Å². The molecule has 28 heavy (non-hydrogen) atoms. The smallest absolute Gasteiger partial charge is 0.231 e. The van der Waals surface area contributed by atoms with Crippen molar-refractivity contribution in [2.45, 2.75) is 26.3 Å². The van der Waals surface area contributed by atoms with Gasteiger partial charge < -0.3 is 15.1 Å². The van der Waals surface area contributed by atoms with Crippen LogP contribution < -0.4 is 15.6 Å². The van der Waals surface area contributed by atoms with Gasteiger partial charge in [0.25, 0.3) is 0 Å². The second-order valence-corrected chi connectivity index (χ2v) is 8.56. The highest BCUT2D eigenvalue weighted by Crippen LogP contribution is 2.32. The summed E-state index contributed by atoms with van der Waals surface area (Å²) in [5, 5.41) is 8.53. The predicted molar refractivity (Wildman–Crippen MR) is 114 cm³/mol. The minimum absolute atomic E-state index is 0.336. The molecule has 1 aromatic carbocycles. The largest absolute Gasteiger partial charge is 0.369 e. The number of fused-ring (bicyclic) bond motifs is 3. The fourth-order valence-electron chi connectivity index (χ4n) is 4.64. The Balaban J connectivity index is 1.36. The van der Waals surface area contributed by atoms with E-state index in [2.05, 4.69) is 72.4 Å². The molecule has 0 aromatic heterocycles. The number of quaternary nitrogens is 1. The zero-order valence-corrected chi connectivity index (χ0v) is 17.1. The molecule has 4 aliphatic rings. The average molecular weight is 377 g/mol. The molecule has 2 atom stereocenters. The predicted octanol–water partition coefficient (Wildman–Crippen LogP) is 1.60. The Hall–Kier alpha value is -2.37. The molecule has 0 spiro atoms. The number of anilines is 1. The van der Waals surface area contributed by atoms with E-state index in [1.54, 1.807) is 0 Å². The van der Waals surface area contributed by atoms with Gasteiger partial charge >= 0.3 is 0 Å². The molecule has 0 radical (unpaired) electrons. The SMILES string of the molecule is CC1=CC=CC(NC2=C3Cc4cc(N5CCN(C)CC5)ccc4C3=N[NH2+]2)C1C. The van der Waals surface area contributed by atoms with E-state index in [1.165, 1.54) is 39.5 Å². The van der Waals surface area contributed by atoms with Crippen LogP contribution in [-0.2, 0) is 6.42 Å². The first-order valence-electron chi connectivity index (χ1n) is 10.4. The number of nitrogens with one attached hydrogen (secondary N) is 1. The molecular formula is C23H30N5+. The minimum Gasteiger partial charge on any atom is -0.369 e. The van der Waals surface area contributed by atoms with Gasteiger partial charge in [-0.05, 0) is 31.7 Å². The summed E-state index contributed by atoms with van der Waals surface area (Å²) in [5.41, 5.74) is 10.1. The molecule has 2 aliphatic heterocycles. The Morgan fingerprint density at radius 3 is 2.82 bits per heavy atom. The number of benzene rings is 1. The molecular weight excluding hydrogens is 346 g/mol. The summed E-state index contributed by atoms with van der Waals surface area (Å²) in [6, 6.07) is 7.29. The van der Waals surface area contributed by atoms with Crippen LogP contribution in [0, 0.1) is 5.92 Å². The zero-order chi connectivity index (χ0) is 19.3. The molecule has 1 fully saturated rings. The topological polar surface area (TPSA) is 47.5 Å². The summed E-state index contributed by atoms with van der Waals surface area (Å²) in [6.45, 7) is 9.00. The lowest BCUT2D eigenvalue weighted by molar-refractivity contribution is -0.614. The van der Waals surface area contributed by atoms with Crippen molar-refractivity contribution in [2.24, 2.45) is 11.0 Å². The molecule has 2 heterocycles. The third-order valence-electron chi connectivity index (χ3n) is 6.77. The van der Waals surface area contributed by atoms with E-state index in [1.807, 2.05) is 5.43 Å². The number of likely N-dealkylation sites (N-methyl/N-ethyl adjacent to an activating group) is 1. The van der Waals surface area contributed by atoms with Crippen molar-refractivity contribution in [1.82, 2.24) is 10.2 Å². The molecule has 146 valence electrons. The van der Waals surface area contributed by atoms with Gasteiger partial charge in [0, 0.05) is 49.8 Å². The fourth-order valence-corrected chi connectivity index (χ4v) is 4.64. The van der Waals surface area contributed by atoms with Gasteiger partial charge in [0.1, 0.15) is 5.71 Å². The van der Waals surface area contributed by atoms with Crippen LogP contribution in [-0.4, -0.2) is 49.9 Å². The van der Waals surface area contributed by atoms with Gasteiger partial charge in [-0.1, -0.05) is 41.9 Å². The molecule has 0 bridgehead atoms. The van der Waals surface area contributed by atoms with Gasteiger partial charge in [0.05, 0.1) is 11.6 Å². The van der Waals surface area contributed by atoms with Crippen molar-refractivity contribution in [3.8, 4) is 0 Å². The van der Waals surface area contributed by atoms with Crippen molar-refractivity contribution in [3.63, 3.8) is 0 Å². The summed E-state index contributed by atoms with van der Waals surface area (Å²) in [5.74, 6) is 1.70. The van der Waals surface area contributed by atoms with Crippen LogP contribution in [0.4, 0.5) is 5.69 Å². The second-order valence-electron chi connectivity index (χ2n) is 8.56. The van der Waals surface area contributed by atoms with E-state index in [4.69, 9.17) is 5.10 Å². The molecule has 3 N–H and O–H groups in total. The van der Waals surface area contributed by atoms with Gasteiger partial charge in [-0.2, -0.15) is 5.43 Å². The van der Waals surface area contributed by atoms with E-state index in [-0.39, 0.29) is 0 Å². The highest BCUT2D eigenvalue weighted by molar-refractivity contribution is 6.17. The third kappa shape index (κ3) is 2.99. The Labute approximate surface area is 167 Å². The summed E-state index contributed by atoms with van der Waals surface area (Å²) < 4.78 is 0. The van der Waals surface area contributed by atoms with Crippen molar-refractivity contribution < 1.29 is 5.43 Å². The Kier molecular flexibility index (Phi) is 4.37. The molecule has 5 nitrogen and oxygen atoms in total. The average Bonchev–Trinajstić information content (AvgIpc) is 3.25. The summed E-state index contributed by atoms with van der Waals surface area (Å²) >= 11 is 0. The van der Waals surface area contributed by atoms with Gasteiger partial charge in [-0.3, -0.25) is 0 Å². The third-order valence-corrected chi connectivity index (χ3v) is 6.77. The van der Waals surface area contributed by atoms with Crippen LogP contribution in [0.15, 0.2) is 58.5 Å². The molecule has 0 saturated carbocycles. The van der Waals surface area contributed by atoms with Crippen molar-refractivity contribution in [2.75, 3.05) is 38.1 Å². The van der Waals surface area contributed by atoms with Crippen LogP contribution in [0.2, 0.25) is 0 Å². The van der Waals surface area contributed by atoms with E-state index in [9.17, 15) is 0 Å². The fraction of sp³-hybridized carbons (Fsp3) is 0.435. The lowest BCUT2D eigenvalue weighted by Crippen LogP contribution is -2.78. The maximum absolute atomic E-state index is 4.78. The molecule has 5 rings (SSSR count). The maximum atomic E-state index is 4.78. The maximum Gasteiger partial charge on any atom is 0.231 e. The number of nitrogens with two attached hydrogens (primary N) is 1. The zero-order valence-electron chi connectivity index (χ0n) is 17.1. The quantitative estimate of drug-likeness (QED) is 0.788. The minimum atomic E-state index is 0.336. The Morgan fingerprint density at radius 2 is 2.00 bits per heavy atom. The van der Waals surface area contributed by atoms with Crippen molar-refractivity contribution in [3.05, 3.63) is 64.5 Å². The summed E-state index contributed by atoms with van der Waals surface area (Å²) in [4.78, 5) is 4.92. The van der Waals surface area contributed by atoms with Crippen LogP contribution >= 0.6 is 0 Å². The number of nitrogens with zero attached hydrogens (tertiary/aromatic N) is 3. The molecule has 5 heteroatoms. The van der Waals surface area contributed by atoms with Gasteiger partial charge in [0.2, 0.25) is 5.82 Å². The van der Waals surface area contributed by atoms with Gasteiger partial charge in [-0.25, -0.2) is 0 Å². The van der Waals surface area contributed by atoms with E-state index >= 15 is 0 Å². The van der Waals surface area contributed by atoms with E-state index < -0.39 is 0 Å². The number of piperazine rings is 1. The lowest BCUT2D eigenvalue weighted by Gasteiger charge is -2.34. The van der Waals surface area contributed by atoms with Crippen molar-refractivity contribution in [1.29, 1.82) is 0 Å². The first kappa shape index (κ1) is 17.7. The van der Waals surface area contributed by atoms with E-state index in [0.29, 0.717) is 12.0 Å². The lowest BCUT2D eigenvalue weighted by atomic mass is 9.90. The van der Waals surface area contributed by atoms with E-state index in [0.717, 1.165) is 32.6 Å². The number of allylic oxidation sites excluding steroid dienone is 3. The van der Waals surface area contributed by atoms with Crippen LogP contribution in [0.5, 0.6) is 0 Å². The summed E-state index contributed by atoms with van der Waals surface area (Å²) in [6.07, 6.45) is 7.63. The van der Waals surface area contributed by atoms with Gasteiger partial charge in [-0.15, -0.1) is 0 Å². The monoisotopic (exact) mass is 376 g/mol. The summed E-state index contributed by atoms with van der Waals surface area (Å²) in [7, 11) is 2.20. The normalized spacial score (nSPS) is 26.9. The number of rotatable bonds is 3. The Bertz CT molecular complexity index is 915. The van der Waals surface area contributed by atoms with Crippen LogP contribution in [0.3, 0.4) is 0 Å². The van der Waals surface area contributed by atoms with Gasteiger partial charge in [0.15, 0.2) is 0 Å². The standard InChI is InChI=1S/C23H29N5/c1-15-5-4-6-21(16(15)2)24-23-20-14-17-13-18(28-11-9-27(3)10-12-28)7-8-19(17)22(20)25-26-23/h4-8,13,16,21H,9-12,14H2,1-3H3,(H2,24,25,26)/p+1. The molecule has 2 unspecified atom stereocenters.